The van der Waals surface area contributed by atoms with Gasteiger partial charge in [-0.3, -0.25) is 0 Å². The van der Waals surface area contributed by atoms with Crippen LogP contribution < -0.4 is 0 Å². The van der Waals surface area contributed by atoms with Gasteiger partial charge in [-0.2, -0.15) is 0 Å². The summed E-state index contributed by atoms with van der Waals surface area (Å²) < 4.78 is 10.6. The Morgan fingerprint density at radius 3 is 2.44 bits per heavy atom. The first-order valence-electron chi connectivity index (χ1n) is 8.12. The average Bonchev–Trinajstić information content (AvgIpc) is 3.19. The van der Waals surface area contributed by atoms with E-state index in [0.717, 1.165) is 5.56 Å². The summed E-state index contributed by atoms with van der Waals surface area (Å²) in [4.78, 5) is 12.3. The molecule has 4 rings (SSSR count). The molecular weight excluding hydrogens is 348 g/mol. The zero-order valence-corrected chi connectivity index (χ0v) is 14.0. The van der Waals surface area contributed by atoms with Crippen LogP contribution in [0.25, 0.3) is 22.2 Å². The second kappa shape index (κ2) is 6.80. The molecule has 0 unspecified atom stereocenters. The Kier molecular flexibility index (Phi) is 4.18. The van der Waals surface area contributed by atoms with Crippen molar-refractivity contribution in [1.82, 2.24) is 10.2 Å². The van der Waals surface area contributed by atoms with Gasteiger partial charge in [-0.05, 0) is 18.2 Å². The van der Waals surface area contributed by atoms with E-state index in [9.17, 15) is 15.0 Å². The first kappa shape index (κ1) is 16.6. The number of esters is 1. The topological polar surface area (TPSA) is 106 Å². The number of hydrogen-bond donors (Lipinski definition) is 2. The lowest BCUT2D eigenvalue weighted by Crippen LogP contribution is -2.06. The summed E-state index contributed by atoms with van der Waals surface area (Å²) in [7, 11) is 0. The Morgan fingerprint density at radius 2 is 1.67 bits per heavy atom. The van der Waals surface area contributed by atoms with Crippen LogP contribution in [0.5, 0.6) is 11.5 Å². The Labute approximate surface area is 153 Å². The predicted molar refractivity (Wildman–Crippen MR) is 96.1 cm³/mol. The summed E-state index contributed by atoms with van der Waals surface area (Å²) in [6.45, 7) is -0.258. The number of carbonyl (C=O) groups is 1. The largest absolute Gasteiger partial charge is 0.507 e. The van der Waals surface area contributed by atoms with E-state index in [0.29, 0.717) is 16.7 Å². The lowest BCUT2D eigenvalue weighted by Gasteiger charge is -2.09. The van der Waals surface area contributed by atoms with E-state index < -0.39 is 5.97 Å². The molecule has 0 aliphatic carbocycles. The van der Waals surface area contributed by atoms with E-state index in [1.807, 2.05) is 30.3 Å². The van der Waals surface area contributed by atoms with Gasteiger partial charge in [-0.1, -0.05) is 42.5 Å². The van der Waals surface area contributed by atoms with Gasteiger partial charge >= 0.3 is 5.97 Å². The lowest BCUT2D eigenvalue weighted by atomic mass is 10.0. The Balaban J connectivity index is 1.53. The highest BCUT2D eigenvalue weighted by molar-refractivity contribution is 6.03. The predicted octanol–water partition coefficient (Wildman–Crippen LogP) is 3.66. The molecule has 1 aromatic heterocycles. The summed E-state index contributed by atoms with van der Waals surface area (Å²) in [6, 6.07) is 17.0. The summed E-state index contributed by atoms with van der Waals surface area (Å²) in [6.07, 6.45) is 0. The number of fused-ring (bicyclic) bond motifs is 1. The fourth-order valence-corrected chi connectivity index (χ4v) is 2.71. The zero-order chi connectivity index (χ0) is 18.8. The van der Waals surface area contributed by atoms with Crippen LogP contribution in [0, 0.1) is 0 Å². The lowest BCUT2D eigenvalue weighted by molar-refractivity contribution is 0.0435. The van der Waals surface area contributed by atoms with Crippen LogP contribution >= 0.6 is 0 Å². The normalized spacial score (nSPS) is 10.8. The second-order valence-electron chi connectivity index (χ2n) is 5.78. The van der Waals surface area contributed by atoms with Gasteiger partial charge in [-0.25, -0.2) is 4.79 Å². The minimum atomic E-state index is -0.812. The maximum absolute atomic E-state index is 12.3. The molecule has 4 aromatic rings. The molecule has 0 radical (unpaired) electrons. The van der Waals surface area contributed by atoms with E-state index in [1.54, 1.807) is 24.3 Å². The van der Waals surface area contributed by atoms with Crippen molar-refractivity contribution in [1.29, 1.82) is 0 Å². The van der Waals surface area contributed by atoms with Gasteiger partial charge in [0.2, 0.25) is 5.89 Å². The van der Waals surface area contributed by atoms with Gasteiger partial charge in [-0.15, -0.1) is 10.2 Å². The fraction of sp³-hybridized carbons (Fsp3) is 0.0500. The van der Waals surface area contributed by atoms with Crippen LogP contribution in [0.3, 0.4) is 0 Å². The van der Waals surface area contributed by atoms with Gasteiger partial charge in [0, 0.05) is 16.3 Å². The van der Waals surface area contributed by atoms with E-state index in [2.05, 4.69) is 10.2 Å². The Hall–Kier alpha value is -3.87. The van der Waals surface area contributed by atoms with Crippen molar-refractivity contribution < 1.29 is 24.2 Å². The number of aromatic hydroxyl groups is 2. The van der Waals surface area contributed by atoms with Crippen molar-refractivity contribution in [2.24, 2.45) is 0 Å². The molecule has 134 valence electrons. The number of phenols is 2. The van der Waals surface area contributed by atoms with Crippen molar-refractivity contribution >= 4 is 16.7 Å². The van der Waals surface area contributed by atoms with Crippen LogP contribution in [0.1, 0.15) is 16.2 Å². The SMILES string of the molecule is O=C(OCc1nnc(-c2ccccc2)o1)c1cc(O)c2ccccc2c1O. The molecule has 1 heterocycles. The second-order valence-corrected chi connectivity index (χ2v) is 5.78. The highest BCUT2D eigenvalue weighted by Crippen LogP contribution is 2.35. The molecule has 0 bridgehead atoms. The molecule has 0 saturated heterocycles. The summed E-state index contributed by atoms with van der Waals surface area (Å²) in [5, 5.41) is 29.0. The number of benzene rings is 3. The molecule has 0 aliphatic heterocycles. The first-order valence-corrected chi connectivity index (χ1v) is 8.12. The fourth-order valence-electron chi connectivity index (χ4n) is 2.71. The minimum absolute atomic E-state index is 0.117. The van der Waals surface area contributed by atoms with Crippen LogP contribution in [-0.4, -0.2) is 26.4 Å². The van der Waals surface area contributed by atoms with Crippen LogP contribution in [0.4, 0.5) is 0 Å². The quantitative estimate of drug-likeness (QED) is 0.421. The average molecular weight is 362 g/mol. The highest BCUT2D eigenvalue weighted by atomic mass is 16.5. The summed E-state index contributed by atoms with van der Waals surface area (Å²) in [5.74, 6) is -0.768. The smallest absolute Gasteiger partial charge is 0.342 e. The van der Waals surface area contributed by atoms with Gasteiger partial charge < -0.3 is 19.4 Å². The van der Waals surface area contributed by atoms with Gasteiger partial charge in [0.25, 0.3) is 5.89 Å². The monoisotopic (exact) mass is 362 g/mol. The van der Waals surface area contributed by atoms with Crippen molar-refractivity contribution in [2.75, 3.05) is 0 Å². The summed E-state index contributed by atoms with van der Waals surface area (Å²) in [5.41, 5.74) is 0.605. The number of aromatic nitrogens is 2. The first-order chi connectivity index (χ1) is 13.1. The third-order valence-corrected chi connectivity index (χ3v) is 4.03. The van der Waals surface area contributed by atoms with Crippen molar-refractivity contribution in [3.05, 3.63) is 72.1 Å². The third-order valence-electron chi connectivity index (χ3n) is 4.03. The highest BCUT2D eigenvalue weighted by Gasteiger charge is 2.19. The number of rotatable bonds is 4. The van der Waals surface area contributed by atoms with Gasteiger partial charge in [0.1, 0.15) is 17.1 Å². The molecule has 0 spiro atoms. The number of carbonyl (C=O) groups excluding carboxylic acids is 1. The molecule has 3 aromatic carbocycles. The molecular formula is C20H14N2O5. The minimum Gasteiger partial charge on any atom is -0.507 e. The van der Waals surface area contributed by atoms with Crippen LogP contribution in [-0.2, 0) is 11.3 Å². The van der Waals surface area contributed by atoms with Gasteiger partial charge in [0.05, 0.1) is 0 Å². The summed E-state index contributed by atoms with van der Waals surface area (Å²) >= 11 is 0. The van der Waals surface area contributed by atoms with E-state index in [4.69, 9.17) is 9.15 Å². The van der Waals surface area contributed by atoms with E-state index >= 15 is 0 Å². The maximum Gasteiger partial charge on any atom is 0.342 e. The number of nitrogens with zero attached hydrogens (tertiary/aromatic N) is 2. The number of phenolic OH excluding ortho intramolecular Hbond substituents is 2. The molecule has 7 nitrogen and oxygen atoms in total. The van der Waals surface area contributed by atoms with Crippen LogP contribution in [0.15, 0.2) is 65.1 Å². The van der Waals surface area contributed by atoms with Crippen molar-refractivity contribution in [3.63, 3.8) is 0 Å². The number of hydrogen-bond acceptors (Lipinski definition) is 7. The van der Waals surface area contributed by atoms with Crippen LogP contribution in [0.2, 0.25) is 0 Å². The van der Waals surface area contributed by atoms with Crippen molar-refractivity contribution in [2.45, 2.75) is 6.61 Å². The van der Waals surface area contributed by atoms with E-state index in [-0.39, 0.29) is 29.6 Å². The molecule has 0 atom stereocenters. The molecule has 0 fully saturated rings. The molecule has 0 amide bonds. The Bertz CT molecular complexity index is 1120. The molecule has 7 heteroatoms. The Morgan fingerprint density at radius 1 is 0.963 bits per heavy atom. The van der Waals surface area contributed by atoms with Crippen molar-refractivity contribution in [3.8, 4) is 23.0 Å². The standard InChI is InChI=1S/C20H14N2O5/c23-16-10-15(18(24)14-9-5-4-8-13(14)16)20(25)26-11-17-21-22-19(27-17)12-6-2-1-3-7-12/h1-10,23-24H,11H2. The van der Waals surface area contributed by atoms with Gasteiger partial charge in [0.15, 0.2) is 6.61 Å². The molecule has 27 heavy (non-hydrogen) atoms. The molecule has 2 N–H and O–H groups in total. The molecule has 0 aliphatic rings. The number of ether oxygens (including phenoxy) is 1. The molecule has 0 saturated carbocycles. The third kappa shape index (κ3) is 3.18. The maximum atomic E-state index is 12.3. The van der Waals surface area contributed by atoms with E-state index in [1.165, 1.54) is 6.07 Å². The zero-order valence-electron chi connectivity index (χ0n) is 14.0.